The summed E-state index contributed by atoms with van der Waals surface area (Å²) < 4.78 is 4.20. The first-order valence-electron chi connectivity index (χ1n) is 8.70. The van der Waals surface area contributed by atoms with E-state index in [1.54, 1.807) is 24.0 Å². The van der Waals surface area contributed by atoms with Gasteiger partial charge >= 0.3 is 5.69 Å². The molecular weight excluding hydrogens is 354 g/mol. The van der Waals surface area contributed by atoms with Gasteiger partial charge in [0.1, 0.15) is 0 Å². The lowest BCUT2D eigenvalue weighted by molar-refractivity contribution is 0.702. The van der Waals surface area contributed by atoms with Gasteiger partial charge in [-0.15, -0.1) is 0 Å². The lowest BCUT2D eigenvalue weighted by Gasteiger charge is -2.08. The maximum atomic E-state index is 12.5. The molecule has 0 amide bonds. The number of imidazole rings is 1. The van der Waals surface area contributed by atoms with Crippen LogP contribution in [0.4, 0.5) is 0 Å². The van der Waals surface area contributed by atoms with E-state index in [1.165, 1.54) is 11.6 Å². The average molecular weight is 371 g/mol. The highest BCUT2D eigenvalue weighted by Crippen LogP contribution is 2.23. The number of benzene rings is 2. The van der Waals surface area contributed by atoms with Crippen molar-refractivity contribution in [3.63, 3.8) is 0 Å². The first-order chi connectivity index (χ1) is 13.5. The van der Waals surface area contributed by atoms with Crippen LogP contribution in [0.3, 0.4) is 0 Å². The van der Waals surface area contributed by atoms with Crippen molar-refractivity contribution >= 4 is 11.2 Å². The third-order valence-electron chi connectivity index (χ3n) is 4.88. The van der Waals surface area contributed by atoms with E-state index in [4.69, 9.17) is 0 Å². The van der Waals surface area contributed by atoms with E-state index < -0.39 is 5.69 Å². The monoisotopic (exact) mass is 371 g/mol. The number of rotatable bonds is 3. The third kappa shape index (κ3) is 2.72. The minimum absolute atomic E-state index is 0.366. The Balaban J connectivity index is 1.72. The minimum atomic E-state index is -0.400. The Kier molecular flexibility index (Phi) is 4.17. The summed E-state index contributed by atoms with van der Waals surface area (Å²) in [4.78, 5) is 28.8. The summed E-state index contributed by atoms with van der Waals surface area (Å²) in [6, 6.07) is 17.5. The number of nitriles is 1. The van der Waals surface area contributed by atoms with Gasteiger partial charge in [-0.05, 0) is 22.8 Å². The molecule has 0 bridgehead atoms. The molecule has 0 saturated carbocycles. The maximum Gasteiger partial charge on any atom is 0.332 e. The Morgan fingerprint density at radius 3 is 2.43 bits per heavy atom. The molecule has 7 heteroatoms. The number of aryl methyl sites for hydroxylation is 1. The number of nitrogens with zero attached hydrogens (tertiary/aromatic N) is 5. The van der Waals surface area contributed by atoms with Gasteiger partial charge in [-0.3, -0.25) is 13.9 Å². The van der Waals surface area contributed by atoms with Gasteiger partial charge in [0, 0.05) is 20.6 Å². The van der Waals surface area contributed by atoms with Gasteiger partial charge in [-0.1, -0.05) is 42.5 Å². The number of fused-ring (bicyclic) bond motifs is 1. The second-order valence-electron chi connectivity index (χ2n) is 6.60. The van der Waals surface area contributed by atoms with Crippen molar-refractivity contribution in [1.29, 1.82) is 5.26 Å². The fourth-order valence-corrected chi connectivity index (χ4v) is 3.34. The highest BCUT2D eigenvalue weighted by Gasteiger charge is 2.14. The van der Waals surface area contributed by atoms with Gasteiger partial charge in [-0.2, -0.15) is 5.26 Å². The molecule has 0 fully saturated rings. The van der Waals surface area contributed by atoms with Crippen LogP contribution in [-0.4, -0.2) is 18.7 Å². The van der Waals surface area contributed by atoms with Gasteiger partial charge in [0.15, 0.2) is 11.2 Å². The predicted molar refractivity (Wildman–Crippen MR) is 106 cm³/mol. The van der Waals surface area contributed by atoms with Crippen molar-refractivity contribution in [2.45, 2.75) is 6.54 Å². The SMILES string of the molecule is Cn1c(=O)c2c(ncn2Cc2ccc(-c3ccccc3C#N)cc2)n(C)c1=O. The quantitative estimate of drug-likeness (QED) is 0.551. The van der Waals surface area contributed by atoms with Gasteiger partial charge in [-0.25, -0.2) is 9.78 Å². The molecule has 0 spiro atoms. The highest BCUT2D eigenvalue weighted by molar-refractivity contribution is 5.71. The van der Waals surface area contributed by atoms with Gasteiger partial charge in [0.05, 0.1) is 18.0 Å². The van der Waals surface area contributed by atoms with E-state index >= 15 is 0 Å². The van der Waals surface area contributed by atoms with Crippen LogP contribution in [0, 0.1) is 11.3 Å². The van der Waals surface area contributed by atoms with Crippen molar-refractivity contribution < 1.29 is 0 Å². The van der Waals surface area contributed by atoms with Crippen LogP contribution in [0.15, 0.2) is 64.4 Å². The second kappa shape index (κ2) is 6.67. The molecule has 2 heterocycles. The zero-order valence-electron chi connectivity index (χ0n) is 15.5. The van der Waals surface area contributed by atoms with E-state index in [-0.39, 0.29) is 5.56 Å². The molecule has 0 aliphatic carbocycles. The summed E-state index contributed by atoms with van der Waals surface area (Å²) in [6.07, 6.45) is 1.57. The van der Waals surface area contributed by atoms with Gasteiger partial charge in [0.25, 0.3) is 5.56 Å². The number of aromatic nitrogens is 4. The van der Waals surface area contributed by atoms with E-state index in [2.05, 4.69) is 11.1 Å². The van der Waals surface area contributed by atoms with Crippen LogP contribution >= 0.6 is 0 Å². The zero-order chi connectivity index (χ0) is 19.8. The van der Waals surface area contributed by atoms with Gasteiger partial charge < -0.3 is 4.57 Å². The molecule has 0 atom stereocenters. The van der Waals surface area contributed by atoms with Crippen LogP contribution in [0.1, 0.15) is 11.1 Å². The molecule has 4 aromatic rings. The summed E-state index contributed by atoms with van der Waals surface area (Å²) in [6.45, 7) is 0.449. The molecule has 138 valence electrons. The zero-order valence-corrected chi connectivity index (χ0v) is 15.5. The topological polar surface area (TPSA) is 85.6 Å². The molecular formula is C21H17N5O2. The van der Waals surface area contributed by atoms with Crippen molar-refractivity contribution in [3.05, 3.63) is 86.8 Å². The molecule has 7 nitrogen and oxygen atoms in total. The van der Waals surface area contributed by atoms with Crippen LogP contribution in [0.5, 0.6) is 0 Å². The number of hydrogen-bond donors (Lipinski definition) is 0. The number of hydrogen-bond acceptors (Lipinski definition) is 4. The average Bonchev–Trinajstić information content (AvgIpc) is 3.15. The lowest BCUT2D eigenvalue weighted by Crippen LogP contribution is -2.37. The summed E-state index contributed by atoms with van der Waals surface area (Å²) >= 11 is 0. The Morgan fingerprint density at radius 2 is 1.71 bits per heavy atom. The van der Waals surface area contributed by atoms with Gasteiger partial charge in [0.2, 0.25) is 0 Å². The fourth-order valence-electron chi connectivity index (χ4n) is 3.34. The Labute approximate surface area is 160 Å². The normalized spacial score (nSPS) is 10.9. The van der Waals surface area contributed by atoms with Crippen LogP contribution in [-0.2, 0) is 20.6 Å². The molecule has 0 saturated heterocycles. The van der Waals surface area contributed by atoms with E-state index in [1.807, 2.05) is 42.5 Å². The Bertz CT molecular complexity index is 1350. The smallest absolute Gasteiger partial charge is 0.320 e. The third-order valence-corrected chi connectivity index (χ3v) is 4.88. The molecule has 0 unspecified atom stereocenters. The molecule has 4 rings (SSSR count). The predicted octanol–water partition coefficient (Wildman–Crippen LogP) is 2.02. The molecule has 28 heavy (non-hydrogen) atoms. The summed E-state index contributed by atoms with van der Waals surface area (Å²) in [5.41, 5.74) is 3.44. The Morgan fingerprint density at radius 1 is 1.00 bits per heavy atom. The van der Waals surface area contributed by atoms with Crippen molar-refractivity contribution in [2.75, 3.05) is 0 Å². The fraction of sp³-hybridized carbons (Fsp3) is 0.143. The van der Waals surface area contributed by atoms with Crippen molar-refractivity contribution in [2.24, 2.45) is 14.1 Å². The largest absolute Gasteiger partial charge is 0.332 e. The first kappa shape index (κ1) is 17.5. The van der Waals surface area contributed by atoms with Crippen molar-refractivity contribution in [3.8, 4) is 17.2 Å². The van der Waals surface area contributed by atoms with Crippen LogP contribution in [0.2, 0.25) is 0 Å². The molecule has 0 aliphatic heterocycles. The second-order valence-corrected chi connectivity index (χ2v) is 6.60. The molecule has 0 radical (unpaired) electrons. The van der Waals surface area contributed by atoms with E-state index in [0.29, 0.717) is 23.3 Å². The summed E-state index contributed by atoms with van der Waals surface area (Å²) in [5, 5.41) is 9.28. The first-order valence-corrected chi connectivity index (χ1v) is 8.70. The molecule has 0 aliphatic rings. The molecule has 2 aromatic carbocycles. The standard InChI is InChI=1S/C21H17N5O2/c1-24-19-18(20(27)25(2)21(24)28)26(13-23-19)12-14-7-9-15(10-8-14)17-6-4-3-5-16(17)11-22/h3-10,13H,12H2,1-2H3. The van der Waals surface area contributed by atoms with Crippen LogP contribution in [0.25, 0.3) is 22.3 Å². The van der Waals surface area contributed by atoms with Crippen LogP contribution < -0.4 is 11.2 Å². The van der Waals surface area contributed by atoms with E-state index in [9.17, 15) is 14.9 Å². The maximum absolute atomic E-state index is 12.5. The Hall–Kier alpha value is -3.92. The molecule has 0 N–H and O–H groups in total. The highest BCUT2D eigenvalue weighted by atomic mass is 16.2. The molecule has 2 aromatic heterocycles. The van der Waals surface area contributed by atoms with E-state index in [0.717, 1.165) is 21.3 Å². The minimum Gasteiger partial charge on any atom is -0.320 e. The summed E-state index contributed by atoms with van der Waals surface area (Å²) in [5.74, 6) is 0. The lowest BCUT2D eigenvalue weighted by atomic mass is 9.99. The van der Waals surface area contributed by atoms with Crippen molar-refractivity contribution in [1.82, 2.24) is 18.7 Å². The summed E-state index contributed by atoms with van der Waals surface area (Å²) in [7, 11) is 3.06.